The predicted molar refractivity (Wildman–Crippen MR) is 97.9 cm³/mol. The molecule has 2 saturated heterocycles. The van der Waals surface area contributed by atoms with Gasteiger partial charge in [0, 0.05) is 13.1 Å². The Morgan fingerprint density at radius 3 is 2.07 bits per heavy atom. The number of cyclic esters (lactones) is 1. The highest BCUT2D eigenvalue weighted by atomic mass is 16.6. The smallest absolute Gasteiger partial charge is 0.417 e. The third kappa shape index (κ3) is 3.30. The van der Waals surface area contributed by atoms with Gasteiger partial charge < -0.3 is 9.64 Å². The highest BCUT2D eigenvalue weighted by Gasteiger charge is 2.42. The van der Waals surface area contributed by atoms with E-state index < -0.39 is 12.0 Å². The standard InChI is InChI=1S/C21H20N2O4/c24-18-14-27-21(26)23(18)17-11-12-22(13-17)20(25)19(15-7-3-1-4-8-15)16-9-5-2-6-10-16/h1-10,17,19H,11-14H2. The second kappa shape index (κ2) is 7.23. The fraction of sp³-hybridized carbons (Fsp3) is 0.286. The minimum atomic E-state index is -0.609. The molecule has 0 aliphatic carbocycles. The van der Waals surface area contributed by atoms with Crippen LogP contribution < -0.4 is 0 Å². The summed E-state index contributed by atoms with van der Waals surface area (Å²) >= 11 is 0. The van der Waals surface area contributed by atoms with Crippen molar-refractivity contribution < 1.29 is 19.1 Å². The molecule has 0 saturated carbocycles. The van der Waals surface area contributed by atoms with Gasteiger partial charge in [0.15, 0.2) is 6.61 Å². The molecule has 6 heteroatoms. The van der Waals surface area contributed by atoms with Crippen LogP contribution in [0.3, 0.4) is 0 Å². The summed E-state index contributed by atoms with van der Waals surface area (Å²) in [5.74, 6) is -0.760. The van der Waals surface area contributed by atoms with Gasteiger partial charge in [-0.15, -0.1) is 0 Å². The summed E-state index contributed by atoms with van der Waals surface area (Å²) in [6.07, 6.45) is -0.0370. The summed E-state index contributed by atoms with van der Waals surface area (Å²) in [6, 6.07) is 19.0. The number of amides is 3. The molecule has 0 radical (unpaired) electrons. The van der Waals surface area contributed by atoms with E-state index in [0.29, 0.717) is 19.5 Å². The first-order chi connectivity index (χ1) is 13.1. The predicted octanol–water partition coefficient (Wildman–Crippen LogP) is 2.40. The summed E-state index contributed by atoms with van der Waals surface area (Å²) in [5, 5.41) is 0. The SMILES string of the molecule is O=C(C(c1ccccc1)c1ccccc1)N1CCC(N2C(=O)COC2=O)C1. The van der Waals surface area contributed by atoms with E-state index >= 15 is 0 Å². The molecule has 0 spiro atoms. The Labute approximate surface area is 157 Å². The second-order valence-corrected chi connectivity index (χ2v) is 6.80. The first kappa shape index (κ1) is 17.3. The molecular formula is C21H20N2O4. The monoisotopic (exact) mass is 364 g/mol. The van der Waals surface area contributed by atoms with Gasteiger partial charge in [-0.2, -0.15) is 0 Å². The average Bonchev–Trinajstić information content (AvgIpc) is 3.30. The number of likely N-dealkylation sites (tertiary alicyclic amines) is 1. The van der Waals surface area contributed by atoms with Crippen LogP contribution in [0, 0.1) is 0 Å². The molecule has 2 aromatic carbocycles. The molecule has 2 aliphatic heterocycles. The van der Waals surface area contributed by atoms with E-state index in [9.17, 15) is 14.4 Å². The minimum absolute atomic E-state index is 0.0186. The Morgan fingerprint density at radius 2 is 1.56 bits per heavy atom. The van der Waals surface area contributed by atoms with Crippen molar-refractivity contribution in [2.45, 2.75) is 18.4 Å². The molecule has 0 N–H and O–H groups in total. The van der Waals surface area contributed by atoms with Crippen LogP contribution in [-0.4, -0.2) is 53.4 Å². The lowest BCUT2D eigenvalue weighted by molar-refractivity contribution is -0.132. The fourth-order valence-electron chi connectivity index (χ4n) is 3.82. The van der Waals surface area contributed by atoms with Crippen LogP contribution in [0.25, 0.3) is 0 Å². The van der Waals surface area contributed by atoms with Crippen molar-refractivity contribution in [3.63, 3.8) is 0 Å². The van der Waals surface area contributed by atoms with Gasteiger partial charge in [-0.05, 0) is 17.5 Å². The molecule has 2 heterocycles. The van der Waals surface area contributed by atoms with Crippen LogP contribution in [0.5, 0.6) is 0 Å². The summed E-state index contributed by atoms with van der Waals surface area (Å²) in [7, 11) is 0. The van der Waals surface area contributed by atoms with Crippen molar-refractivity contribution in [3.8, 4) is 0 Å². The largest absolute Gasteiger partial charge is 0.439 e. The quantitative estimate of drug-likeness (QED) is 0.836. The van der Waals surface area contributed by atoms with Crippen LogP contribution in [0.2, 0.25) is 0 Å². The maximum Gasteiger partial charge on any atom is 0.417 e. The number of imide groups is 1. The third-order valence-electron chi connectivity index (χ3n) is 5.14. The first-order valence-electron chi connectivity index (χ1n) is 9.02. The molecule has 1 atom stereocenters. The van der Waals surface area contributed by atoms with Crippen LogP contribution in [0.4, 0.5) is 4.79 Å². The van der Waals surface area contributed by atoms with E-state index in [1.165, 1.54) is 0 Å². The highest BCUT2D eigenvalue weighted by Crippen LogP contribution is 2.29. The Balaban J connectivity index is 1.58. The van der Waals surface area contributed by atoms with E-state index in [1.807, 2.05) is 60.7 Å². The Bertz CT molecular complexity index is 798. The molecule has 0 bridgehead atoms. The van der Waals surface area contributed by atoms with E-state index in [1.54, 1.807) is 4.90 Å². The fourth-order valence-corrected chi connectivity index (χ4v) is 3.82. The van der Waals surface area contributed by atoms with E-state index in [-0.39, 0.29) is 24.5 Å². The molecule has 3 amide bonds. The summed E-state index contributed by atoms with van der Waals surface area (Å²) < 4.78 is 4.81. The van der Waals surface area contributed by atoms with Crippen LogP contribution in [-0.2, 0) is 14.3 Å². The van der Waals surface area contributed by atoms with Gasteiger partial charge in [0.05, 0.1) is 12.0 Å². The zero-order valence-electron chi connectivity index (χ0n) is 14.8. The summed E-state index contributed by atoms with van der Waals surface area (Å²) in [4.78, 5) is 40.0. The summed E-state index contributed by atoms with van der Waals surface area (Å²) in [6.45, 7) is 0.645. The van der Waals surface area contributed by atoms with Crippen LogP contribution in [0.1, 0.15) is 23.5 Å². The molecular weight excluding hydrogens is 344 g/mol. The van der Waals surface area contributed by atoms with Gasteiger partial charge in [-0.25, -0.2) is 9.69 Å². The number of nitrogens with zero attached hydrogens (tertiary/aromatic N) is 2. The van der Waals surface area contributed by atoms with Crippen molar-refractivity contribution in [2.75, 3.05) is 19.7 Å². The van der Waals surface area contributed by atoms with E-state index in [0.717, 1.165) is 16.0 Å². The number of carbonyl (C=O) groups excluding carboxylic acids is 3. The number of hydrogen-bond acceptors (Lipinski definition) is 4. The van der Waals surface area contributed by atoms with Crippen molar-refractivity contribution in [1.29, 1.82) is 0 Å². The maximum absolute atomic E-state index is 13.4. The second-order valence-electron chi connectivity index (χ2n) is 6.80. The van der Waals surface area contributed by atoms with Gasteiger partial charge in [0.25, 0.3) is 5.91 Å². The number of rotatable bonds is 4. The number of hydrogen-bond donors (Lipinski definition) is 0. The highest BCUT2D eigenvalue weighted by molar-refractivity contribution is 5.98. The average molecular weight is 364 g/mol. The molecule has 0 aromatic heterocycles. The lowest BCUT2D eigenvalue weighted by Gasteiger charge is -2.25. The normalized spacial score (nSPS) is 19.7. The summed E-state index contributed by atoms with van der Waals surface area (Å²) in [5.41, 5.74) is 1.85. The molecule has 2 aromatic rings. The van der Waals surface area contributed by atoms with Gasteiger partial charge in [0.2, 0.25) is 5.91 Å². The Morgan fingerprint density at radius 1 is 0.963 bits per heavy atom. The maximum atomic E-state index is 13.4. The number of carbonyl (C=O) groups is 3. The molecule has 6 nitrogen and oxygen atoms in total. The van der Waals surface area contributed by atoms with Gasteiger partial charge in [-0.3, -0.25) is 9.59 Å². The Kier molecular flexibility index (Phi) is 4.62. The van der Waals surface area contributed by atoms with E-state index in [4.69, 9.17) is 4.74 Å². The lowest BCUT2D eigenvalue weighted by atomic mass is 9.90. The molecule has 1 unspecified atom stereocenters. The van der Waals surface area contributed by atoms with Gasteiger partial charge in [-0.1, -0.05) is 60.7 Å². The third-order valence-corrected chi connectivity index (χ3v) is 5.14. The zero-order chi connectivity index (χ0) is 18.8. The molecule has 27 heavy (non-hydrogen) atoms. The van der Waals surface area contributed by atoms with Crippen molar-refractivity contribution in [1.82, 2.24) is 9.80 Å². The Hall–Kier alpha value is -3.15. The van der Waals surface area contributed by atoms with Crippen LogP contribution >= 0.6 is 0 Å². The number of benzene rings is 2. The van der Waals surface area contributed by atoms with Crippen molar-refractivity contribution in [3.05, 3.63) is 71.8 Å². The van der Waals surface area contributed by atoms with Crippen molar-refractivity contribution >= 4 is 17.9 Å². The first-order valence-corrected chi connectivity index (χ1v) is 9.02. The molecule has 4 rings (SSSR count). The number of ether oxygens (including phenoxy) is 1. The molecule has 138 valence electrons. The minimum Gasteiger partial charge on any atom is -0.439 e. The molecule has 2 aliphatic rings. The van der Waals surface area contributed by atoms with Gasteiger partial charge >= 0.3 is 6.09 Å². The lowest BCUT2D eigenvalue weighted by Crippen LogP contribution is -2.42. The zero-order valence-corrected chi connectivity index (χ0v) is 14.8. The van der Waals surface area contributed by atoms with Gasteiger partial charge in [0.1, 0.15) is 0 Å². The van der Waals surface area contributed by atoms with Crippen LogP contribution in [0.15, 0.2) is 60.7 Å². The molecule has 2 fully saturated rings. The van der Waals surface area contributed by atoms with E-state index in [2.05, 4.69) is 0 Å². The van der Waals surface area contributed by atoms with Crippen molar-refractivity contribution in [2.24, 2.45) is 0 Å². The topological polar surface area (TPSA) is 66.9 Å².